The maximum atomic E-state index is 12.5. The van der Waals surface area contributed by atoms with Crippen LogP contribution in [0, 0.1) is 6.92 Å². The lowest BCUT2D eigenvalue weighted by Gasteiger charge is -2.29. The van der Waals surface area contributed by atoms with Crippen LogP contribution >= 0.6 is 0 Å². The molecule has 1 rings (SSSR count). The highest BCUT2D eigenvalue weighted by atomic mass is 16.2. The molecule has 0 bridgehead atoms. The lowest BCUT2D eigenvalue weighted by molar-refractivity contribution is -0.140. The maximum Gasteiger partial charge on any atom is 0.242 e. The smallest absolute Gasteiger partial charge is 0.242 e. The number of hydrogen-bond acceptors (Lipinski definition) is 2. The van der Waals surface area contributed by atoms with Gasteiger partial charge < -0.3 is 10.2 Å². The summed E-state index contributed by atoms with van der Waals surface area (Å²) in [5.41, 5.74) is 2.21. The quantitative estimate of drug-likeness (QED) is 0.798. The number of hydrogen-bond donors (Lipinski definition) is 1. The third-order valence-electron chi connectivity index (χ3n) is 4.07. The number of aryl methyl sites for hydroxylation is 1. The fourth-order valence-electron chi connectivity index (χ4n) is 2.41. The second kappa shape index (κ2) is 9.33. The van der Waals surface area contributed by atoms with Crippen LogP contribution in [0.2, 0.25) is 0 Å². The molecule has 0 aliphatic heterocycles. The van der Waals surface area contributed by atoms with E-state index < -0.39 is 6.04 Å². The van der Waals surface area contributed by atoms with Crippen LogP contribution in [0.3, 0.4) is 0 Å². The lowest BCUT2D eigenvalue weighted by atomic mass is 10.1. The summed E-state index contributed by atoms with van der Waals surface area (Å²) in [7, 11) is 0. The molecule has 4 nitrogen and oxygen atoms in total. The van der Waals surface area contributed by atoms with Gasteiger partial charge in [0.05, 0.1) is 0 Å². The van der Waals surface area contributed by atoms with Crippen molar-refractivity contribution in [2.24, 2.45) is 0 Å². The average Bonchev–Trinajstić information content (AvgIpc) is 2.52. The molecule has 0 aliphatic carbocycles. The minimum absolute atomic E-state index is 0.0285. The van der Waals surface area contributed by atoms with Crippen molar-refractivity contribution in [1.29, 1.82) is 0 Å². The van der Waals surface area contributed by atoms with E-state index in [1.165, 1.54) is 0 Å². The number of nitrogens with one attached hydrogen (secondary N) is 1. The summed E-state index contributed by atoms with van der Waals surface area (Å²) in [5.74, 6) is -0.0581. The molecule has 0 aliphatic rings. The van der Waals surface area contributed by atoms with Gasteiger partial charge in [0.2, 0.25) is 11.8 Å². The molecule has 0 spiro atoms. The topological polar surface area (TPSA) is 49.4 Å². The summed E-state index contributed by atoms with van der Waals surface area (Å²) >= 11 is 0. The zero-order valence-electron chi connectivity index (χ0n) is 15.1. The standard InChI is InChI=1S/C19H30N2O2/c1-6-9-18(22)21(13-17-11-8-10-14(3)12-17)16(5)19(23)20-15(4)7-2/h8,10-12,15-16H,6-7,9,13H2,1-5H3,(H,20,23)/t15-,16+/m0/s1. The van der Waals surface area contributed by atoms with Crippen molar-refractivity contribution in [2.75, 3.05) is 0 Å². The van der Waals surface area contributed by atoms with Gasteiger partial charge in [-0.25, -0.2) is 0 Å². The Hall–Kier alpha value is -1.84. The van der Waals surface area contributed by atoms with Crippen molar-refractivity contribution in [3.63, 3.8) is 0 Å². The Morgan fingerprint density at radius 3 is 2.48 bits per heavy atom. The molecular weight excluding hydrogens is 288 g/mol. The highest BCUT2D eigenvalue weighted by Crippen LogP contribution is 2.13. The number of benzene rings is 1. The fourth-order valence-corrected chi connectivity index (χ4v) is 2.41. The lowest BCUT2D eigenvalue weighted by Crippen LogP contribution is -2.49. The summed E-state index contributed by atoms with van der Waals surface area (Å²) in [6.45, 7) is 10.3. The summed E-state index contributed by atoms with van der Waals surface area (Å²) in [6.07, 6.45) is 2.12. The van der Waals surface area contributed by atoms with E-state index in [0.717, 1.165) is 24.0 Å². The van der Waals surface area contributed by atoms with E-state index in [1.807, 2.05) is 45.9 Å². The van der Waals surface area contributed by atoms with Gasteiger partial charge in [-0.3, -0.25) is 9.59 Å². The molecule has 0 radical (unpaired) electrons. The first kappa shape index (κ1) is 19.2. The first-order chi connectivity index (χ1) is 10.9. The maximum absolute atomic E-state index is 12.5. The minimum Gasteiger partial charge on any atom is -0.352 e. The van der Waals surface area contributed by atoms with Gasteiger partial charge in [0.25, 0.3) is 0 Å². The second-order valence-electron chi connectivity index (χ2n) is 6.25. The Kier molecular flexibility index (Phi) is 7.79. The van der Waals surface area contributed by atoms with Crippen molar-refractivity contribution in [3.8, 4) is 0 Å². The molecule has 4 heteroatoms. The van der Waals surface area contributed by atoms with Crippen molar-refractivity contribution in [3.05, 3.63) is 35.4 Å². The van der Waals surface area contributed by atoms with Crippen molar-refractivity contribution < 1.29 is 9.59 Å². The summed E-state index contributed by atoms with van der Waals surface area (Å²) in [5, 5.41) is 2.97. The van der Waals surface area contributed by atoms with E-state index >= 15 is 0 Å². The van der Waals surface area contributed by atoms with Crippen LogP contribution in [-0.4, -0.2) is 28.8 Å². The highest BCUT2D eigenvalue weighted by molar-refractivity contribution is 5.87. The van der Waals surface area contributed by atoms with Crippen LogP contribution in [-0.2, 0) is 16.1 Å². The monoisotopic (exact) mass is 318 g/mol. The van der Waals surface area contributed by atoms with E-state index in [2.05, 4.69) is 11.4 Å². The molecule has 128 valence electrons. The number of carbonyl (C=O) groups excluding carboxylic acids is 2. The summed E-state index contributed by atoms with van der Waals surface area (Å²) < 4.78 is 0. The van der Waals surface area contributed by atoms with E-state index in [1.54, 1.807) is 11.8 Å². The predicted octanol–water partition coefficient (Wildman–Crippen LogP) is 3.43. The zero-order chi connectivity index (χ0) is 17.4. The Bertz CT molecular complexity index is 528. The summed E-state index contributed by atoms with van der Waals surface area (Å²) in [6, 6.07) is 7.72. The van der Waals surface area contributed by atoms with E-state index in [-0.39, 0.29) is 17.9 Å². The van der Waals surface area contributed by atoms with Crippen molar-refractivity contribution in [1.82, 2.24) is 10.2 Å². The third-order valence-corrected chi connectivity index (χ3v) is 4.07. The van der Waals surface area contributed by atoms with Crippen LogP contribution in [0.1, 0.15) is 58.1 Å². The Balaban J connectivity index is 2.91. The molecule has 0 heterocycles. The molecule has 0 saturated carbocycles. The second-order valence-corrected chi connectivity index (χ2v) is 6.25. The first-order valence-electron chi connectivity index (χ1n) is 8.54. The number of carbonyl (C=O) groups is 2. The van der Waals surface area contributed by atoms with Crippen LogP contribution in [0.4, 0.5) is 0 Å². The van der Waals surface area contributed by atoms with E-state index in [4.69, 9.17) is 0 Å². The van der Waals surface area contributed by atoms with Crippen molar-refractivity contribution >= 4 is 11.8 Å². The number of nitrogens with zero attached hydrogens (tertiary/aromatic N) is 1. The van der Waals surface area contributed by atoms with Gasteiger partial charge in [0.15, 0.2) is 0 Å². The SMILES string of the molecule is CCCC(=O)N(Cc1cccc(C)c1)[C@H](C)C(=O)N[C@@H](C)CC. The van der Waals surface area contributed by atoms with Gasteiger partial charge in [-0.05, 0) is 39.2 Å². The molecule has 0 unspecified atom stereocenters. The van der Waals surface area contributed by atoms with Gasteiger partial charge in [0, 0.05) is 19.0 Å². The van der Waals surface area contributed by atoms with Gasteiger partial charge in [0.1, 0.15) is 6.04 Å². The van der Waals surface area contributed by atoms with Gasteiger partial charge >= 0.3 is 0 Å². The highest BCUT2D eigenvalue weighted by Gasteiger charge is 2.26. The van der Waals surface area contributed by atoms with Crippen LogP contribution in [0.5, 0.6) is 0 Å². The Labute approximate surface area is 140 Å². The van der Waals surface area contributed by atoms with Gasteiger partial charge in [-0.15, -0.1) is 0 Å². The van der Waals surface area contributed by atoms with E-state index in [9.17, 15) is 9.59 Å². The van der Waals surface area contributed by atoms with E-state index in [0.29, 0.717) is 13.0 Å². The molecule has 23 heavy (non-hydrogen) atoms. The molecule has 0 fully saturated rings. The Morgan fingerprint density at radius 2 is 1.91 bits per heavy atom. The fraction of sp³-hybridized carbons (Fsp3) is 0.579. The molecular formula is C19H30N2O2. The van der Waals surface area contributed by atoms with Crippen LogP contribution < -0.4 is 5.32 Å². The Morgan fingerprint density at radius 1 is 1.22 bits per heavy atom. The average molecular weight is 318 g/mol. The largest absolute Gasteiger partial charge is 0.352 e. The molecule has 1 aromatic rings. The van der Waals surface area contributed by atoms with Crippen molar-refractivity contribution in [2.45, 2.75) is 72.5 Å². The predicted molar refractivity (Wildman–Crippen MR) is 94.0 cm³/mol. The summed E-state index contributed by atoms with van der Waals surface area (Å²) in [4.78, 5) is 26.6. The normalized spacial score (nSPS) is 13.3. The molecule has 0 saturated heterocycles. The van der Waals surface area contributed by atoms with Crippen LogP contribution in [0.25, 0.3) is 0 Å². The van der Waals surface area contributed by atoms with Gasteiger partial charge in [-0.2, -0.15) is 0 Å². The molecule has 2 atom stereocenters. The molecule has 1 N–H and O–H groups in total. The van der Waals surface area contributed by atoms with Crippen LogP contribution in [0.15, 0.2) is 24.3 Å². The number of amides is 2. The third kappa shape index (κ3) is 6.05. The minimum atomic E-state index is -0.469. The molecule has 0 aromatic heterocycles. The zero-order valence-corrected chi connectivity index (χ0v) is 15.1. The van der Waals surface area contributed by atoms with Gasteiger partial charge in [-0.1, -0.05) is 43.7 Å². The molecule has 2 amide bonds. The molecule has 1 aromatic carbocycles. The number of rotatable bonds is 8. The first-order valence-corrected chi connectivity index (χ1v) is 8.54.